The number of amides is 1. The number of nitrogens with zero attached hydrogens (tertiary/aromatic N) is 1. The number of para-hydroxylation sites is 1. The maximum atomic E-state index is 12.4. The number of nitrogens with two attached hydrogens (primary N) is 1. The molecule has 1 atom stereocenters. The fourth-order valence-electron chi connectivity index (χ4n) is 2.10. The summed E-state index contributed by atoms with van der Waals surface area (Å²) >= 11 is 0. The molecular weight excluding hydrogens is 236 g/mol. The number of unbranched alkanes of at least 4 members (excludes halogenated alkanes) is 1. The minimum absolute atomic E-state index is 0.181. The summed E-state index contributed by atoms with van der Waals surface area (Å²) in [6.45, 7) is 7.22. The van der Waals surface area contributed by atoms with Gasteiger partial charge >= 0.3 is 0 Å². The van der Waals surface area contributed by atoms with Crippen molar-refractivity contribution in [2.45, 2.75) is 52.5 Å². The first kappa shape index (κ1) is 15.5. The molecule has 0 aromatic heterocycles. The molecule has 0 aliphatic rings. The van der Waals surface area contributed by atoms with Crippen molar-refractivity contribution >= 4 is 11.6 Å². The lowest BCUT2D eigenvalue weighted by molar-refractivity contribution is -0.132. The zero-order chi connectivity index (χ0) is 14.3. The number of benzene rings is 1. The second-order valence-electron chi connectivity index (χ2n) is 5.07. The van der Waals surface area contributed by atoms with Gasteiger partial charge in [0.25, 0.3) is 0 Å². The van der Waals surface area contributed by atoms with Crippen molar-refractivity contribution in [2.75, 3.05) is 12.3 Å². The number of hydrogen-bond donors (Lipinski definition) is 1. The second kappa shape index (κ2) is 7.82. The highest BCUT2D eigenvalue weighted by Gasteiger charge is 2.19. The lowest BCUT2D eigenvalue weighted by atomic mass is 10.1. The van der Waals surface area contributed by atoms with Gasteiger partial charge in [0.1, 0.15) is 0 Å². The third-order valence-electron chi connectivity index (χ3n) is 3.59. The normalized spacial score (nSPS) is 12.2. The van der Waals surface area contributed by atoms with Crippen LogP contribution in [-0.2, 0) is 11.2 Å². The molecule has 1 aromatic carbocycles. The van der Waals surface area contributed by atoms with Crippen LogP contribution in [-0.4, -0.2) is 23.4 Å². The Bertz CT molecular complexity index is 403. The monoisotopic (exact) mass is 262 g/mol. The minimum Gasteiger partial charge on any atom is -0.398 e. The van der Waals surface area contributed by atoms with Crippen molar-refractivity contribution in [3.8, 4) is 0 Å². The SMILES string of the molecule is CCCCN(C(=O)Cc1ccccc1N)C(C)CC. The summed E-state index contributed by atoms with van der Waals surface area (Å²) in [6.07, 6.45) is 3.55. The fraction of sp³-hybridized carbons (Fsp3) is 0.562. The van der Waals surface area contributed by atoms with Gasteiger partial charge in [-0.2, -0.15) is 0 Å². The van der Waals surface area contributed by atoms with Crippen LogP contribution in [0.1, 0.15) is 45.6 Å². The van der Waals surface area contributed by atoms with Gasteiger partial charge in [0.15, 0.2) is 0 Å². The van der Waals surface area contributed by atoms with Crippen LogP contribution in [0.5, 0.6) is 0 Å². The standard InChI is InChI=1S/C16H26N2O/c1-4-6-11-18(13(3)5-2)16(19)12-14-9-7-8-10-15(14)17/h7-10,13H,4-6,11-12,17H2,1-3H3. The van der Waals surface area contributed by atoms with Gasteiger partial charge in [0, 0.05) is 18.3 Å². The third kappa shape index (κ3) is 4.58. The summed E-state index contributed by atoms with van der Waals surface area (Å²) in [6, 6.07) is 7.90. The van der Waals surface area contributed by atoms with Gasteiger partial charge in [-0.25, -0.2) is 0 Å². The quantitative estimate of drug-likeness (QED) is 0.767. The Morgan fingerprint density at radius 1 is 1.32 bits per heavy atom. The Kier molecular flexibility index (Phi) is 6.40. The van der Waals surface area contributed by atoms with E-state index in [-0.39, 0.29) is 5.91 Å². The molecule has 0 heterocycles. The first-order chi connectivity index (χ1) is 9.10. The Morgan fingerprint density at radius 2 is 2.00 bits per heavy atom. The van der Waals surface area contributed by atoms with Gasteiger partial charge in [-0.05, 0) is 31.4 Å². The van der Waals surface area contributed by atoms with E-state index in [1.807, 2.05) is 29.2 Å². The van der Waals surface area contributed by atoms with E-state index < -0.39 is 0 Å². The highest BCUT2D eigenvalue weighted by Crippen LogP contribution is 2.14. The molecule has 0 saturated heterocycles. The predicted octanol–water partition coefficient (Wildman–Crippen LogP) is 3.24. The molecule has 1 aromatic rings. The van der Waals surface area contributed by atoms with Gasteiger partial charge in [-0.15, -0.1) is 0 Å². The van der Waals surface area contributed by atoms with Crippen LogP contribution in [0.4, 0.5) is 5.69 Å². The van der Waals surface area contributed by atoms with Crippen molar-refractivity contribution < 1.29 is 4.79 Å². The lowest BCUT2D eigenvalue weighted by Crippen LogP contribution is -2.40. The fourth-order valence-corrected chi connectivity index (χ4v) is 2.10. The zero-order valence-corrected chi connectivity index (χ0v) is 12.4. The molecule has 0 fully saturated rings. The molecule has 1 rings (SSSR count). The number of carbonyl (C=O) groups excluding carboxylic acids is 1. The maximum Gasteiger partial charge on any atom is 0.227 e. The average Bonchev–Trinajstić information content (AvgIpc) is 2.41. The molecule has 2 N–H and O–H groups in total. The molecule has 0 aliphatic heterocycles. The number of nitrogen functional groups attached to an aromatic ring is 1. The molecule has 19 heavy (non-hydrogen) atoms. The average molecular weight is 262 g/mol. The molecule has 3 nitrogen and oxygen atoms in total. The first-order valence-corrected chi connectivity index (χ1v) is 7.23. The Labute approximate surface area is 116 Å². The van der Waals surface area contributed by atoms with Crippen LogP contribution in [0.25, 0.3) is 0 Å². The van der Waals surface area contributed by atoms with Gasteiger partial charge in [0.2, 0.25) is 5.91 Å². The van der Waals surface area contributed by atoms with Gasteiger partial charge < -0.3 is 10.6 Å². The molecular formula is C16H26N2O. The van der Waals surface area contributed by atoms with Crippen LogP contribution in [0.15, 0.2) is 24.3 Å². The summed E-state index contributed by atoms with van der Waals surface area (Å²) in [5.74, 6) is 0.181. The molecule has 0 aliphatic carbocycles. The number of rotatable bonds is 7. The predicted molar refractivity (Wildman–Crippen MR) is 80.9 cm³/mol. The van der Waals surface area contributed by atoms with Gasteiger partial charge in [-0.1, -0.05) is 38.5 Å². The van der Waals surface area contributed by atoms with Crippen molar-refractivity contribution in [2.24, 2.45) is 0 Å². The topological polar surface area (TPSA) is 46.3 Å². The van der Waals surface area contributed by atoms with E-state index in [0.29, 0.717) is 18.2 Å². The molecule has 0 radical (unpaired) electrons. The first-order valence-electron chi connectivity index (χ1n) is 7.23. The summed E-state index contributed by atoms with van der Waals surface area (Å²) in [7, 11) is 0. The second-order valence-corrected chi connectivity index (χ2v) is 5.07. The minimum atomic E-state index is 0.181. The highest BCUT2D eigenvalue weighted by atomic mass is 16.2. The molecule has 0 spiro atoms. The van der Waals surface area contributed by atoms with E-state index in [1.54, 1.807) is 0 Å². The Morgan fingerprint density at radius 3 is 2.58 bits per heavy atom. The number of carbonyl (C=O) groups is 1. The van der Waals surface area contributed by atoms with E-state index in [0.717, 1.165) is 31.4 Å². The van der Waals surface area contributed by atoms with Crippen molar-refractivity contribution in [1.29, 1.82) is 0 Å². The van der Waals surface area contributed by atoms with Crippen LogP contribution < -0.4 is 5.73 Å². The largest absolute Gasteiger partial charge is 0.398 e. The summed E-state index contributed by atoms with van der Waals surface area (Å²) in [4.78, 5) is 14.4. The van der Waals surface area contributed by atoms with Crippen molar-refractivity contribution in [1.82, 2.24) is 4.90 Å². The van der Waals surface area contributed by atoms with E-state index in [1.165, 1.54) is 0 Å². The molecule has 1 amide bonds. The van der Waals surface area contributed by atoms with Gasteiger partial charge in [0.05, 0.1) is 6.42 Å². The summed E-state index contributed by atoms with van der Waals surface area (Å²) in [5.41, 5.74) is 7.54. The molecule has 0 bridgehead atoms. The Hall–Kier alpha value is -1.51. The van der Waals surface area contributed by atoms with E-state index >= 15 is 0 Å². The third-order valence-corrected chi connectivity index (χ3v) is 3.59. The molecule has 106 valence electrons. The van der Waals surface area contributed by atoms with Crippen LogP contribution >= 0.6 is 0 Å². The number of hydrogen-bond acceptors (Lipinski definition) is 2. The molecule has 1 unspecified atom stereocenters. The van der Waals surface area contributed by atoms with E-state index in [9.17, 15) is 4.79 Å². The lowest BCUT2D eigenvalue weighted by Gasteiger charge is -2.29. The van der Waals surface area contributed by atoms with Crippen molar-refractivity contribution in [3.05, 3.63) is 29.8 Å². The molecule has 0 saturated carbocycles. The number of anilines is 1. The smallest absolute Gasteiger partial charge is 0.227 e. The highest BCUT2D eigenvalue weighted by molar-refractivity contribution is 5.80. The van der Waals surface area contributed by atoms with Crippen LogP contribution in [0.2, 0.25) is 0 Å². The summed E-state index contributed by atoms with van der Waals surface area (Å²) in [5, 5.41) is 0. The van der Waals surface area contributed by atoms with Crippen LogP contribution in [0, 0.1) is 0 Å². The van der Waals surface area contributed by atoms with E-state index in [2.05, 4.69) is 20.8 Å². The zero-order valence-electron chi connectivity index (χ0n) is 12.4. The molecule has 3 heteroatoms. The van der Waals surface area contributed by atoms with E-state index in [4.69, 9.17) is 5.73 Å². The maximum absolute atomic E-state index is 12.4. The van der Waals surface area contributed by atoms with Crippen molar-refractivity contribution in [3.63, 3.8) is 0 Å². The van der Waals surface area contributed by atoms with Gasteiger partial charge in [-0.3, -0.25) is 4.79 Å². The van der Waals surface area contributed by atoms with Crippen LogP contribution in [0.3, 0.4) is 0 Å². The Balaban J connectivity index is 2.74. The summed E-state index contributed by atoms with van der Waals surface area (Å²) < 4.78 is 0.